The second-order valence-corrected chi connectivity index (χ2v) is 6.66. The smallest absolute Gasteiger partial charge is 0.251 e. The van der Waals surface area contributed by atoms with E-state index in [1.807, 2.05) is 24.3 Å². The first-order valence-electron chi connectivity index (χ1n) is 8.17. The van der Waals surface area contributed by atoms with Crippen molar-refractivity contribution in [3.63, 3.8) is 0 Å². The van der Waals surface area contributed by atoms with Crippen LogP contribution in [0.1, 0.15) is 56.3 Å². The molecule has 116 valence electrons. The van der Waals surface area contributed by atoms with E-state index in [0.29, 0.717) is 11.6 Å². The van der Waals surface area contributed by atoms with Crippen molar-refractivity contribution in [2.45, 2.75) is 52.0 Å². The van der Waals surface area contributed by atoms with Crippen LogP contribution < -0.4 is 10.6 Å². The van der Waals surface area contributed by atoms with Crippen molar-refractivity contribution in [1.82, 2.24) is 5.32 Å². The number of carbonyl (C=O) groups is 1. The van der Waals surface area contributed by atoms with Crippen LogP contribution in [0.4, 0.5) is 5.69 Å². The molecule has 0 bridgehead atoms. The van der Waals surface area contributed by atoms with Crippen molar-refractivity contribution in [3.05, 3.63) is 29.8 Å². The van der Waals surface area contributed by atoms with Crippen LogP contribution >= 0.6 is 0 Å². The average molecular weight is 288 g/mol. The highest BCUT2D eigenvalue weighted by molar-refractivity contribution is 5.94. The SMILES string of the molecule is CNC(=O)c1ccc(NC2CCCC(CC(C)C)C2)cc1. The highest BCUT2D eigenvalue weighted by atomic mass is 16.1. The number of amides is 1. The van der Waals surface area contributed by atoms with Crippen molar-refractivity contribution in [2.24, 2.45) is 11.8 Å². The number of anilines is 1. The van der Waals surface area contributed by atoms with Crippen LogP contribution in [0.25, 0.3) is 0 Å². The Morgan fingerprint density at radius 2 is 1.95 bits per heavy atom. The minimum atomic E-state index is -0.0313. The van der Waals surface area contributed by atoms with Crippen molar-refractivity contribution in [2.75, 3.05) is 12.4 Å². The Morgan fingerprint density at radius 1 is 1.24 bits per heavy atom. The molecule has 1 saturated carbocycles. The Morgan fingerprint density at radius 3 is 2.57 bits per heavy atom. The van der Waals surface area contributed by atoms with Gasteiger partial charge in [0.15, 0.2) is 0 Å². The summed E-state index contributed by atoms with van der Waals surface area (Å²) < 4.78 is 0. The van der Waals surface area contributed by atoms with Crippen LogP contribution in [0.2, 0.25) is 0 Å². The lowest BCUT2D eigenvalue weighted by atomic mass is 9.81. The number of hydrogen-bond donors (Lipinski definition) is 2. The van der Waals surface area contributed by atoms with Gasteiger partial charge >= 0.3 is 0 Å². The molecule has 0 heterocycles. The Labute approximate surface area is 128 Å². The first-order chi connectivity index (χ1) is 10.1. The van der Waals surface area contributed by atoms with Crippen LogP contribution in [0.5, 0.6) is 0 Å². The second kappa shape index (κ2) is 7.48. The van der Waals surface area contributed by atoms with Gasteiger partial charge in [0.1, 0.15) is 0 Å². The molecule has 2 atom stereocenters. The third-order valence-corrected chi connectivity index (χ3v) is 4.33. The van der Waals surface area contributed by atoms with Crippen molar-refractivity contribution >= 4 is 11.6 Å². The van der Waals surface area contributed by atoms with Crippen molar-refractivity contribution in [1.29, 1.82) is 0 Å². The van der Waals surface area contributed by atoms with Gasteiger partial charge in [-0.1, -0.05) is 26.7 Å². The highest BCUT2D eigenvalue weighted by Gasteiger charge is 2.22. The van der Waals surface area contributed by atoms with Gasteiger partial charge in [0.05, 0.1) is 0 Å². The van der Waals surface area contributed by atoms with Gasteiger partial charge in [-0.2, -0.15) is 0 Å². The maximum Gasteiger partial charge on any atom is 0.251 e. The lowest BCUT2D eigenvalue weighted by Crippen LogP contribution is -2.28. The zero-order valence-electron chi connectivity index (χ0n) is 13.5. The molecule has 1 aromatic rings. The number of nitrogens with one attached hydrogen (secondary N) is 2. The molecular weight excluding hydrogens is 260 g/mol. The topological polar surface area (TPSA) is 41.1 Å². The minimum Gasteiger partial charge on any atom is -0.382 e. The van der Waals surface area contributed by atoms with Crippen LogP contribution in [0, 0.1) is 11.8 Å². The normalized spacial score (nSPS) is 22.1. The van der Waals surface area contributed by atoms with Gasteiger partial charge in [-0.05, 0) is 55.4 Å². The lowest BCUT2D eigenvalue weighted by molar-refractivity contribution is 0.0963. The fourth-order valence-electron chi connectivity index (χ4n) is 3.40. The summed E-state index contributed by atoms with van der Waals surface area (Å²) in [6.45, 7) is 4.63. The maximum absolute atomic E-state index is 11.5. The van der Waals surface area contributed by atoms with Gasteiger partial charge in [0.2, 0.25) is 0 Å². The minimum absolute atomic E-state index is 0.0313. The molecule has 0 saturated heterocycles. The summed E-state index contributed by atoms with van der Waals surface area (Å²) in [5.74, 6) is 1.62. The maximum atomic E-state index is 11.5. The van der Waals surface area contributed by atoms with E-state index in [1.54, 1.807) is 7.05 Å². The predicted octanol–water partition coefficient (Wildman–Crippen LogP) is 4.06. The third kappa shape index (κ3) is 4.76. The molecule has 1 amide bonds. The number of hydrogen-bond acceptors (Lipinski definition) is 2. The van der Waals surface area contributed by atoms with E-state index in [0.717, 1.165) is 17.5 Å². The summed E-state index contributed by atoms with van der Waals surface area (Å²) in [7, 11) is 1.66. The summed E-state index contributed by atoms with van der Waals surface area (Å²) in [5.41, 5.74) is 1.84. The molecule has 1 aromatic carbocycles. The first kappa shape index (κ1) is 15.9. The quantitative estimate of drug-likeness (QED) is 0.857. The zero-order valence-corrected chi connectivity index (χ0v) is 13.5. The summed E-state index contributed by atoms with van der Waals surface area (Å²) in [4.78, 5) is 11.5. The lowest BCUT2D eigenvalue weighted by Gasteiger charge is -2.31. The summed E-state index contributed by atoms with van der Waals surface area (Å²) in [6.07, 6.45) is 6.58. The van der Waals surface area contributed by atoms with E-state index in [2.05, 4.69) is 24.5 Å². The van der Waals surface area contributed by atoms with Crippen LogP contribution in [-0.4, -0.2) is 19.0 Å². The molecule has 1 aliphatic carbocycles. The van der Waals surface area contributed by atoms with E-state index in [9.17, 15) is 4.79 Å². The molecule has 0 radical (unpaired) electrons. The molecule has 0 spiro atoms. The van der Waals surface area contributed by atoms with E-state index in [1.165, 1.54) is 32.1 Å². The molecule has 0 aliphatic heterocycles. The fourth-order valence-corrected chi connectivity index (χ4v) is 3.40. The fraction of sp³-hybridized carbons (Fsp3) is 0.611. The molecular formula is C18H28N2O. The number of carbonyl (C=O) groups excluding carboxylic acids is 1. The molecule has 3 heteroatoms. The monoisotopic (exact) mass is 288 g/mol. The summed E-state index contributed by atoms with van der Waals surface area (Å²) in [5, 5.41) is 6.28. The molecule has 3 nitrogen and oxygen atoms in total. The highest BCUT2D eigenvalue weighted by Crippen LogP contribution is 2.31. The molecule has 1 aliphatic rings. The Balaban J connectivity index is 1.90. The molecule has 2 rings (SSSR count). The van der Waals surface area contributed by atoms with E-state index in [-0.39, 0.29) is 5.91 Å². The number of rotatable bonds is 5. The van der Waals surface area contributed by atoms with Gasteiger partial charge in [0, 0.05) is 24.3 Å². The Bertz CT molecular complexity index is 453. The second-order valence-electron chi connectivity index (χ2n) is 6.66. The summed E-state index contributed by atoms with van der Waals surface area (Å²) in [6, 6.07) is 8.37. The van der Waals surface area contributed by atoms with E-state index < -0.39 is 0 Å². The van der Waals surface area contributed by atoms with Gasteiger partial charge in [0.25, 0.3) is 5.91 Å². The van der Waals surface area contributed by atoms with Crippen LogP contribution in [-0.2, 0) is 0 Å². The van der Waals surface area contributed by atoms with Gasteiger partial charge in [-0.25, -0.2) is 0 Å². The zero-order chi connectivity index (χ0) is 15.2. The largest absolute Gasteiger partial charge is 0.382 e. The van der Waals surface area contributed by atoms with E-state index >= 15 is 0 Å². The molecule has 1 fully saturated rings. The van der Waals surface area contributed by atoms with Gasteiger partial charge in [-0.15, -0.1) is 0 Å². The predicted molar refractivity (Wildman–Crippen MR) is 88.7 cm³/mol. The first-order valence-corrected chi connectivity index (χ1v) is 8.17. The van der Waals surface area contributed by atoms with Crippen LogP contribution in [0.3, 0.4) is 0 Å². The average Bonchev–Trinajstić information content (AvgIpc) is 2.47. The summed E-state index contributed by atoms with van der Waals surface area (Å²) >= 11 is 0. The van der Waals surface area contributed by atoms with Gasteiger partial charge < -0.3 is 10.6 Å². The van der Waals surface area contributed by atoms with Crippen molar-refractivity contribution < 1.29 is 4.79 Å². The van der Waals surface area contributed by atoms with E-state index in [4.69, 9.17) is 0 Å². The van der Waals surface area contributed by atoms with Gasteiger partial charge in [-0.3, -0.25) is 4.79 Å². The van der Waals surface area contributed by atoms with Crippen LogP contribution in [0.15, 0.2) is 24.3 Å². The standard InChI is InChI=1S/C18H28N2O/c1-13(2)11-14-5-4-6-17(12-14)20-16-9-7-15(8-10-16)18(21)19-3/h7-10,13-14,17,20H,4-6,11-12H2,1-3H3,(H,19,21). The Hall–Kier alpha value is -1.51. The molecule has 2 N–H and O–H groups in total. The third-order valence-electron chi connectivity index (χ3n) is 4.33. The Kier molecular flexibility index (Phi) is 5.66. The molecule has 2 unspecified atom stereocenters. The molecule has 0 aromatic heterocycles. The number of benzene rings is 1. The molecule has 21 heavy (non-hydrogen) atoms. The van der Waals surface area contributed by atoms with Crippen molar-refractivity contribution in [3.8, 4) is 0 Å².